The Morgan fingerprint density at radius 2 is 1.94 bits per heavy atom. The predicted octanol–water partition coefficient (Wildman–Crippen LogP) is 2.01. The van der Waals surface area contributed by atoms with E-state index in [0.717, 1.165) is 18.6 Å². The Bertz CT molecular complexity index is 336. The van der Waals surface area contributed by atoms with Crippen LogP contribution in [0.5, 0.6) is 5.75 Å². The van der Waals surface area contributed by atoms with E-state index in [1.165, 1.54) is 12.1 Å². The molecule has 1 aromatic carbocycles. The van der Waals surface area contributed by atoms with Crippen molar-refractivity contribution in [3.8, 4) is 5.75 Å². The van der Waals surface area contributed by atoms with Gasteiger partial charge in [0.15, 0.2) is 0 Å². The lowest BCUT2D eigenvalue weighted by Crippen LogP contribution is -2.30. The lowest BCUT2D eigenvalue weighted by molar-refractivity contribution is 0.415. The van der Waals surface area contributed by atoms with Gasteiger partial charge in [-0.05, 0) is 43.5 Å². The number of anilines is 1. The molecule has 16 heavy (non-hydrogen) atoms. The summed E-state index contributed by atoms with van der Waals surface area (Å²) in [5.41, 5.74) is 7.18. The molecule has 0 bridgehead atoms. The number of hydrogen-bond donors (Lipinski definition) is 1. The van der Waals surface area contributed by atoms with Gasteiger partial charge in [-0.1, -0.05) is 0 Å². The zero-order valence-corrected chi connectivity index (χ0v) is 10.0. The smallest absolute Gasteiger partial charge is 0.119 e. The van der Waals surface area contributed by atoms with Crippen LogP contribution in [-0.4, -0.2) is 26.2 Å². The fourth-order valence-electron chi connectivity index (χ4n) is 2.37. The second-order valence-electron chi connectivity index (χ2n) is 4.54. The van der Waals surface area contributed by atoms with Crippen molar-refractivity contribution in [2.24, 2.45) is 5.73 Å². The first-order valence-corrected chi connectivity index (χ1v) is 5.83. The van der Waals surface area contributed by atoms with Gasteiger partial charge in [0.05, 0.1) is 7.11 Å². The van der Waals surface area contributed by atoms with Crippen LogP contribution in [0.25, 0.3) is 0 Å². The van der Waals surface area contributed by atoms with Crippen LogP contribution < -0.4 is 15.4 Å². The van der Waals surface area contributed by atoms with Crippen molar-refractivity contribution in [2.45, 2.75) is 31.3 Å². The maximum atomic E-state index is 5.94. The number of nitrogens with zero attached hydrogens (tertiary/aromatic N) is 1. The van der Waals surface area contributed by atoms with Crippen molar-refractivity contribution in [3.63, 3.8) is 0 Å². The van der Waals surface area contributed by atoms with Crippen molar-refractivity contribution in [1.82, 2.24) is 0 Å². The molecule has 88 valence electrons. The van der Waals surface area contributed by atoms with E-state index in [0.29, 0.717) is 12.1 Å². The van der Waals surface area contributed by atoms with E-state index >= 15 is 0 Å². The van der Waals surface area contributed by atoms with Crippen LogP contribution in [0.15, 0.2) is 24.3 Å². The maximum absolute atomic E-state index is 5.94. The summed E-state index contributed by atoms with van der Waals surface area (Å²) in [5, 5.41) is 0. The van der Waals surface area contributed by atoms with E-state index in [9.17, 15) is 0 Å². The number of benzene rings is 1. The fourth-order valence-corrected chi connectivity index (χ4v) is 2.37. The van der Waals surface area contributed by atoms with E-state index in [1.807, 2.05) is 12.1 Å². The molecule has 0 saturated heterocycles. The van der Waals surface area contributed by atoms with Gasteiger partial charge in [-0.15, -0.1) is 0 Å². The summed E-state index contributed by atoms with van der Waals surface area (Å²) >= 11 is 0. The predicted molar refractivity (Wildman–Crippen MR) is 67.0 cm³/mol. The minimum absolute atomic E-state index is 0.380. The molecule has 2 rings (SSSR count). The van der Waals surface area contributed by atoms with Crippen molar-refractivity contribution in [3.05, 3.63) is 24.3 Å². The highest BCUT2D eigenvalue weighted by molar-refractivity contribution is 5.49. The van der Waals surface area contributed by atoms with Crippen molar-refractivity contribution < 1.29 is 4.74 Å². The maximum Gasteiger partial charge on any atom is 0.119 e. The van der Waals surface area contributed by atoms with Gasteiger partial charge in [0.2, 0.25) is 0 Å². The summed E-state index contributed by atoms with van der Waals surface area (Å²) in [6.07, 6.45) is 3.44. The molecule has 0 aliphatic heterocycles. The van der Waals surface area contributed by atoms with Crippen LogP contribution in [0.4, 0.5) is 5.69 Å². The topological polar surface area (TPSA) is 38.5 Å². The van der Waals surface area contributed by atoms with Gasteiger partial charge in [-0.2, -0.15) is 0 Å². The Hall–Kier alpha value is -1.22. The SMILES string of the molecule is COc1ccc(N(C)C2CCC(N)C2)cc1. The molecule has 2 N–H and O–H groups in total. The highest BCUT2D eigenvalue weighted by Gasteiger charge is 2.25. The molecule has 0 radical (unpaired) electrons. The Morgan fingerprint density at radius 3 is 2.44 bits per heavy atom. The third-order valence-electron chi connectivity index (χ3n) is 3.47. The lowest BCUT2D eigenvalue weighted by Gasteiger charge is -2.26. The quantitative estimate of drug-likeness (QED) is 0.847. The third-order valence-corrected chi connectivity index (χ3v) is 3.47. The zero-order chi connectivity index (χ0) is 11.5. The van der Waals surface area contributed by atoms with Crippen LogP contribution in [0, 0.1) is 0 Å². The Labute approximate surface area is 97.2 Å². The van der Waals surface area contributed by atoms with Gasteiger partial charge in [0.25, 0.3) is 0 Å². The van der Waals surface area contributed by atoms with E-state index < -0.39 is 0 Å². The molecule has 0 spiro atoms. The van der Waals surface area contributed by atoms with Crippen LogP contribution in [0.2, 0.25) is 0 Å². The highest BCUT2D eigenvalue weighted by atomic mass is 16.5. The molecule has 1 fully saturated rings. The molecule has 0 aromatic heterocycles. The van der Waals surface area contributed by atoms with Gasteiger partial charge >= 0.3 is 0 Å². The molecule has 3 nitrogen and oxygen atoms in total. The van der Waals surface area contributed by atoms with Crippen LogP contribution in [0.3, 0.4) is 0 Å². The number of hydrogen-bond acceptors (Lipinski definition) is 3. The van der Waals surface area contributed by atoms with Gasteiger partial charge in [-0.3, -0.25) is 0 Å². The highest BCUT2D eigenvalue weighted by Crippen LogP contribution is 2.27. The van der Waals surface area contributed by atoms with E-state index in [2.05, 4.69) is 24.1 Å². The molecule has 0 amide bonds. The van der Waals surface area contributed by atoms with E-state index in [4.69, 9.17) is 10.5 Å². The average Bonchev–Trinajstić information content (AvgIpc) is 2.75. The molecule has 2 atom stereocenters. The first kappa shape index (κ1) is 11.3. The molecule has 1 saturated carbocycles. The molecule has 1 aliphatic carbocycles. The second-order valence-corrected chi connectivity index (χ2v) is 4.54. The summed E-state index contributed by atoms with van der Waals surface area (Å²) in [4.78, 5) is 2.33. The Kier molecular flexibility index (Phi) is 3.34. The third kappa shape index (κ3) is 2.30. The normalized spacial score (nSPS) is 24.4. The van der Waals surface area contributed by atoms with Crippen LogP contribution >= 0.6 is 0 Å². The number of methoxy groups -OCH3 is 1. The molecule has 2 unspecified atom stereocenters. The lowest BCUT2D eigenvalue weighted by atomic mass is 10.2. The molecular weight excluding hydrogens is 200 g/mol. The summed E-state index contributed by atoms with van der Waals surface area (Å²) in [7, 11) is 3.83. The first-order chi connectivity index (χ1) is 7.70. The molecule has 1 aromatic rings. The minimum atomic E-state index is 0.380. The van der Waals surface area contributed by atoms with E-state index in [-0.39, 0.29) is 0 Å². The Balaban J connectivity index is 2.05. The molecule has 3 heteroatoms. The fraction of sp³-hybridized carbons (Fsp3) is 0.538. The second kappa shape index (κ2) is 4.74. The van der Waals surface area contributed by atoms with Crippen LogP contribution in [0.1, 0.15) is 19.3 Å². The summed E-state index contributed by atoms with van der Waals surface area (Å²) in [6.45, 7) is 0. The largest absolute Gasteiger partial charge is 0.497 e. The molecule has 1 aliphatic rings. The average molecular weight is 220 g/mol. The van der Waals surface area contributed by atoms with Crippen molar-refractivity contribution in [2.75, 3.05) is 19.1 Å². The van der Waals surface area contributed by atoms with Gasteiger partial charge in [0.1, 0.15) is 5.75 Å². The zero-order valence-electron chi connectivity index (χ0n) is 10.0. The molecule has 0 heterocycles. The Morgan fingerprint density at radius 1 is 1.25 bits per heavy atom. The summed E-state index contributed by atoms with van der Waals surface area (Å²) in [5.74, 6) is 0.903. The number of ether oxygens (including phenoxy) is 1. The van der Waals surface area contributed by atoms with E-state index in [1.54, 1.807) is 7.11 Å². The van der Waals surface area contributed by atoms with Gasteiger partial charge in [0, 0.05) is 24.8 Å². The van der Waals surface area contributed by atoms with Gasteiger partial charge in [-0.25, -0.2) is 0 Å². The minimum Gasteiger partial charge on any atom is -0.497 e. The number of nitrogens with two attached hydrogens (primary N) is 1. The number of rotatable bonds is 3. The van der Waals surface area contributed by atoms with Crippen molar-refractivity contribution in [1.29, 1.82) is 0 Å². The van der Waals surface area contributed by atoms with Crippen LogP contribution in [-0.2, 0) is 0 Å². The summed E-state index contributed by atoms with van der Waals surface area (Å²) in [6, 6.07) is 9.17. The monoisotopic (exact) mass is 220 g/mol. The molecular formula is C13H20N2O. The van der Waals surface area contributed by atoms with Crippen molar-refractivity contribution >= 4 is 5.69 Å². The summed E-state index contributed by atoms with van der Waals surface area (Å²) < 4.78 is 5.15. The standard InChI is InChI=1S/C13H20N2O/c1-15(12-4-3-10(14)9-12)11-5-7-13(16-2)8-6-11/h5-8,10,12H,3-4,9,14H2,1-2H3. The van der Waals surface area contributed by atoms with Gasteiger partial charge < -0.3 is 15.4 Å². The first-order valence-electron chi connectivity index (χ1n) is 5.83.